The van der Waals surface area contributed by atoms with E-state index in [1.54, 1.807) is 10.9 Å². The SMILES string of the molecule is NC(=O)c1nn(C2CCNCC2)cc1NC(=O)c1coc(-c2ccncc2F)n1. The number of halogens is 1. The van der Waals surface area contributed by atoms with Crippen molar-refractivity contribution in [3.63, 3.8) is 0 Å². The molecule has 1 aliphatic heterocycles. The number of hydrogen-bond donors (Lipinski definition) is 3. The lowest BCUT2D eigenvalue weighted by atomic mass is 10.1. The summed E-state index contributed by atoms with van der Waals surface area (Å²) in [5.74, 6) is -2.08. The van der Waals surface area contributed by atoms with E-state index in [-0.39, 0.29) is 34.6 Å². The number of nitrogens with zero attached hydrogens (tertiary/aromatic N) is 4. The third kappa shape index (κ3) is 3.85. The molecule has 11 heteroatoms. The van der Waals surface area contributed by atoms with Gasteiger partial charge >= 0.3 is 0 Å². The van der Waals surface area contributed by atoms with Crippen LogP contribution in [0.5, 0.6) is 0 Å². The van der Waals surface area contributed by atoms with Crippen molar-refractivity contribution in [3.8, 4) is 11.5 Å². The summed E-state index contributed by atoms with van der Waals surface area (Å²) in [6.45, 7) is 1.68. The van der Waals surface area contributed by atoms with Crippen LogP contribution in [0.2, 0.25) is 0 Å². The summed E-state index contributed by atoms with van der Waals surface area (Å²) in [5.41, 5.74) is 5.55. The minimum Gasteiger partial charge on any atom is -0.444 e. The zero-order chi connectivity index (χ0) is 20.4. The predicted octanol–water partition coefficient (Wildman–Crippen LogP) is 1.35. The maximum atomic E-state index is 13.8. The van der Waals surface area contributed by atoms with Gasteiger partial charge in [0.1, 0.15) is 6.26 Å². The molecule has 29 heavy (non-hydrogen) atoms. The average molecular weight is 399 g/mol. The van der Waals surface area contributed by atoms with Crippen LogP contribution in [0.15, 0.2) is 35.3 Å². The van der Waals surface area contributed by atoms with Crippen LogP contribution in [-0.4, -0.2) is 44.7 Å². The van der Waals surface area contributed by atoms with Crippen LogP contribution < -0.4 is 16.4 Å². The van der Waals surface area contributed by atoms with Crippen LogP contribution in [0.25, 0.3) is 11.5 Å². The normalized spacial score (nSPS) is 14.7. The van der Waals surface area contributed by atoms with Gasteiger partial charge in [0.05, 0.1) is 23.5 Å². The molecule has 1 fully saturated rings. The fourth-order valence-corrected chi connectivity index (χ4v) is 3.16. The highest BCUT2D eigenvalue weighted by Gasteiger charge is 2.23. The second-order valence-electron chi connectivity index (χ2n) is 6.56. The van der Waals surface area contributed by atoms with Crippen molar-refractivity contribution in [3.05, 3.63) is 48.1 Å². The number of nitrogens with one attached hydrogen (secondary N) is 2. The van der Waals surface area contributed by atoms with Crippen molar-refractivity contribution in [2.24, 2.45) is 5.73 Å². The fraction of sp³-hybridized carbons (Fsp3) is 0.278. The predicted molar refractivity (Wildman–Crippen MR) is 99.5 cm³/mol. The summed E-state index contributed by atoms with van der Waals surface area (Å²) in [6.07, 6.45) is 6.78. The summed E-state index contributed by atoms with van der Waals surface area (Å²) in [7, 11) is 0. The van der Waals surface area contributed by atoms with Crippen LogP contribution in [0, 0.1) is 5.82 Å². The number of pyridine rings is 1. The van der Waals surface area contributed by atoms with Crippen molar-refractivity contribution in [1.82, 2.24) is 25.1 Å². The molecule has 0 unspecified atom stereocenters. The van der Waals surface area contributed by atoms with Crippen LogP contribution in [0.3, 0.4) is 0 Å². The molecule has 0 atom stereocenters. The van der Waals surface area contributed by atoms with Gasteiger partial charge in [0.15, 0.2) is 17.2 Å². The lowest BCUT2D eigenvalue weighted by molar-refractivity contribution is 0.0995. The number of rotatable bonds is 5. The molecule has 4 rings (SSSR count). The maximum Gasteiger partial charge on any atom is 0.277 e. The van der Waals surface area contributed by atoms with Gasteiger partial charge in [-0.3, -0.25) is 19.3 Å². The second kappa shape index (κ2) is 7.80. The summed E-state index contributed by atoms with van der Waals surface area (Å²) in [4.78, 5) is 32.0. The molecular weight excluding hydrogens is 381 g/mol. The molecule has 0 spiro atoms. The molecular formula is C18H18FN7O3. The molecule has 1 aliphatic rings. The number of aromatic nitrogens is 4. The van der Waals surface area contributed by atoms with Gasteiger partial charge in [0, 0.05) is 12.4 Å². The van der Waals surface area contributed by atoms with Crippen molar-refractivity contribution in [2.75, 3.05) is 18.4 Å². The average Bonchev–Trinajstić information content (AvgIpc) is 3.37. The number of carbonyl (C=O) groups is 2. The number of piperidine rings is 1. The van der Waals surface area contributed by atoms with Crippen molar-refractivity contribution < 1.29 is 18.4 Å². The van der Waals surface area contributed by atoms with Gasteiger partial charge in [0.2, 0.25) is 5.89 Å². The van der Waals surface area contributed by atoms with E-state index >= 15 is 0 Å². The number of hydrogen-bond acceptors (Lipinski definition) is 7. The van der Waals surface area contributed by atoms with E-state index in [4.69, 9.17) is 10.2 Å². The number of carbonyl (C=O) groups excluding carboxylic acids is 2. The molecule has 0 radical (unpaired) electrons. The molecule has 2 amide bonds. The van der Waals surface area contributed by atoms with Crippen LogP contribution >= 0.6 is 0 Å². The lowest BCUT2D eigenvalue weighted by Gasteiger charge is -2.22. The Kier molecular flexibility index (Phi) is 5.04. The van der Waals surface area contributed by atoms with Crippen molar-refractivity contribution in [2.45, 2.75) is 18.9 Å². The number of anilines is 1. The number of amides is 2. The van der Waals surface area contributed by atoms with E-state index in [0.29, 0.717) is 0 Å². The molecule has 10 nitrogen and oxygen atoms in total. The third-order valence-electron chi connectivity index (χ3n) is 4.64. The molecule has 150 valence electrons. The molecule has 4 heterocycles. The van der Waals surface area contributed by atoms with E-state index in [9.17, 15) is 14.0 Å². The fourth-order valence-electron chi connectivity index (χ4n) is 3.16. The zero-order valence-corrected chi connectivity index (χ0v) is 15.3. The van der Waals surface area contributed by atoms with E-state index in [2.05, 4.69) is 25.7 Å². The van der Waals surface area contributed by atoms with E-state index in [1.807, 2.05) is 0 Å². The minimum absolute atomic E-state index is 0.0409. The van der Waals surface area contributed by atoms with Crippen LogP contribution in [0.1, 0.15) is 39.9 Å². The monoisotopic (exact) mass is 399 g/mol. The second-order valence-corrected chi connectivity index (χ2v) is 6.56. The highest BCUT2D eigenvalue weighted by Crippen LogP contribution is 2.24. The zero-order valence-electron chi connectivity index (χ0n) is 15.3. The first-order chi connectivity index (χ1) is 14.0. The first-order valence-electron chi connectivity index (χ1n) is 8.99. The molecule has 3 aromatic rings. The molecule has 0 saturated carbocycles. The molecule has 0 aromatic carbocycles. The maximum absolute atomic E-state index is 13.8. The van der Waals surface area contributed by atoms with E-state index in [0.717, 1.165) is 38.4 Å². The lowest BCUT2D eigenvalue weighted by Crippen LogP contribution is -2.29. The van der Waals surface area contributed by atoms with Crippen LogP contribution in [0.4, 0.5) is 10.1 Å². The summed E-state index contributed by atoms with van der Waals surface area (Å²) < 4.78 is 20.7. The largest absolute Gasteiger partial charge is 0.444 e. The summed E-state index contributed by atoms with van der Waals surface area (Å²) in [6, 6.07) is 1.49. The van der Waals surface area contributed by atoms with Crippen molar-refractivity contribution >= 4 is 17.5 Å². The van der Waals surface area contributed by atoms with E-state index < -0.39 is 17.6 Å². The Labute approximate surface area is 164 Å². The van der Waals surface area contributed by atoms with Gasteiger partial charge in [-0.05, 0) is 32.0 Å². The molecule has 4 N–H and O–H groups in total. The van der Waals surface area contributed by atoms with Crippen molar-refractivity contribution in [1.29, 1.82) is 0 Å². The van der Waals surface area contributed by atoms with Gasteiger partial charge in [-0.1, -0.05) is 0 Å². The topological polar surface area (TPSA) is 141 Å². The highest BCUT2D eigenvalue weighted by atomic mass is 19.1. The standard InChI is InChI=1S/C18H18FN7O3/c19-12-7-22-6-3-11(12)18-24-14(9-29-18)17(28)23-13-8-26(25-15(13)16(20)27)10-1-4-21-5-2-10/h3,6-10,21H,1-2,4-5H2,(H2,20,27)(H,23,28). The van der Waals surface area contributed by atoms with Gasteiger partial charge in [-0.2, -0.15) is 5.10 Å². The Morgan fingerprint density at radius 1 is 1.34 bits per heavy atom. The Hall–Kier alpha value is -3.60. The number of primary amides is 1. The smallest absolute Gasteiger partial charge is 0.277 e. The Bertz CT molecular complexity index is 1060. The Balaban J connectivity index is 1.56. The summed E-state index contributed by atoms with van der Waals surface area (Å²) in [5, 5.41) is 10.1. The summed E-state index contributed by atoms with van der Waals surface area (Å²) >= 11 is 0. The first-order valence-corrected chi connectivity index (χ1v) is 8.99. The number of oxazole rings is 1. The number of nitrogens with two attached hydrogens (primary N) is 1. The first kappa shape index (κ1) is 18.7. The van der Waals surface area contributed by atoms with Gasteiger partial charge < -0.3 is 20.8 Å². The quantitative estimate of drug-likeness (QED) is 0.588. The third-order valence-corrected chi connectivity index (χ3v) is 4.64. The Morgan fingerprint density at radius 2 is 2.14 bits per heavy atom. The molecule has 0 aliphatic carbocycles. The molecule has 3 aromatic heterocycles. The highest BCUT2D eigenvalue weighted by molar-refractivity contribution is 6.07. The molecule has 0 bridgehead atoms. The van der Waals surface area contributed by atoms with Gasteiger partial charge in [-0.15, -0.1) is 0 Å². The van der Waals surface area contributed by atoms with Gasteiger partial charge in [0.25, 0.3) is 11.8 Å². The molecule has 1 saturated heterocycles. The Morgan fingerprint density at radius 3 is 2.86 bits per heavy atom. The van der Waals surface area contributed by atoms with Crippen LogP contribution in [-0.2, 0) is 0 Å². The minimum atomic E-state index is -0.757. The van der Waals surface area contributed by atoms with E-state index in [1.165, 1.54) is 12.3 Å². The van der Waals surface area contributed by atoms with Gasteiger partial charge in [-0.25, -0.2) is 9.37 Å².